The number of piperidine rings is 1. The maximum Gasteiger partial charge on any atom is 0.275 e. The number of aryl methyl sites for hydroxylation is 1. The van der Waals surface area contributed by atoms with Crippen LogP contribution in [0.2, 0.25) is 0 Å². The van der Waals surface area contributed by atoms with E-state index in [1.54, 1.807) is 12.1 Å². The molecule has 2 aromatic rings. The normalized spacial score (nSPS) is 20.6. The van der Waals surface area contributed by atoms with Gasteiger partial charge in [0.1, 0.15) is 5.82 Å². The molecule has 1 atom stereocenters. The average molecular weight is 313 g/mol. The van der Waals surface area contributed by atoms with Crippen molar-refractivity contribution < 1.29 is 9.18 Å². The van der Waals surface area contributed by atoms with Gasteiger partial charge < -0.3 is 4.90 Å². The van der Waals surface area contributed by atoms with Crippen molar-refractivity contribution in [2.24, 2.45) is 0 Å². The van der Waals surface area contributed by atoms with E-state index in [1.165, 1.54) is 12.1 Å². The summed E-state index contributed by atoms with van der Waals surface area (Å²) in [6.07, 6.45) is 6.02. The van der Waals surface area contributed by atoms with Crippen molar-refractivity contribution in [1.82, 2.24) is 15.1 Å². The average Bonchev–Trinajstić information content (AvgIpc) is 3.18. The van der Waals surface area contributed by atoms with Crippen molar-refractivity contribution in [3.63, 3.8) is 0 Å². The summed E-state index contributed by atoms with van der Waals surface area (Å²) in [6, 6.07) is 6.55. The van der Waals surface area contributed by atoms with Crippen LogP contribution < -0.4 is 0 Å². The van der Waals surface area contributed by atoms with Crippen molar-refractivity contribution in [1.29, 1.82) is 0 Å². The zero-order valence-electron chi connectivity index (χ0n) is 13.0. The largest absolute Gasteiger partial charge is 0.330 e. The number of carbonyl (C=O) groups is 1. The van der Waals surface area contributed by atoms with Crippen molar-refractivity contribution >= 4 is 5.91 Å². The smallest absolute Gasteiger partial charge is 0.275 e. The molecule has 0 bridgehead atoms. The minimum absolute atomic E-state index is 0.0124. The molecule has 0 unspecified atom stereocenters. The number of nitrogens with one attached hydrogen (secondary N) is 1. The summed E-state index contributed by atoms with van der Waals surface area (Å²) in [7, 11) is 0. The highest BCUT2D eigenvalue weighted by Gasteiger charge is 2.32. The standard InChI is InChI=1S/C18H20FN3O/c19-13-9-7-12(8-10-13)16-6-1-2-11-22(16)18(23)17-14-4-3-5-15(14)20-21-17/h7-10,16H,1-6,11H2,(H,20,21)/t16-/m1/s1. The van der Waals surface area contributed by atoms with E-state index in [1.807, 2.05) is 4.90 Å². The van der Waals surface area contributed by atoms with Gasteiger partial charge in [0.2, 0.25) is 0 Å². The van der Waals surface area contributed by atoms with E-state index in [0.29, 0.717) is 5.69 Å². The highest BCUT2D eigenvalue weighted by Crippen LogP contribution is 2.33. The number of aromatic nitrogens is 2. The third-order valence-electron chi connectivity index (χ3n) is 5.03. The summed E-state index contributed by atoms with van der Waals surface area (Å²) in [5, 5.41) is 7.30. The summed E-state index contributed by atoms with van der Waals surface area (Å²) in [6.45, 7) is 0.739. The van der Waals surface area contributed by atoms with Crippen LogP contribution in [0.15, 0.2) is 24.3 Å². The molecule has 4 rings (SSSR count). The molecule has 1 aliphatic carbocycles. The zero-order chi connectivity index (χ0) is 15.8. The molecule has 4 nitrogen and oxygen atoms in total. The van der Waals surface area contributed by atoms with Gasteiger partial charge in [-0.1, -0.05) is 12.1 Å². The number of aromatic amines is 1. The fraction of sp³-hybridized carbons (Fsp3) is 0.444. The number of benzene rings is 1. The predicted molar refractivity (Wildman–Crippen MR) is 84.6 cm³/mol. The number of halogens is 1. The molecular formula is C18H20FN3O. The Morgan fingerprint density at radius 2 is 2.00 bits per heavy atom. The third-order valence-corrected chi connectivity index (χ3v) is 5.03. The Labute approximate surface area is 134 Å². The van der Waals surface area contributed by atoms with Crippen LogP contribution in [0.1, 0.15) is 59.0 Å². The van der Waals surface area contributed by atoms with Crippen molar-refractivity contribution in [3.8, 4) is 0 Å². The van der Waals surface area contributed by atoms with E-state index in [4.69, 9.17) is 0 Å². The lowest BCUT2D eigenvalue weighted by Gasteiger charge is -2.36. The second kappa shape index (κ2) is 5.80. The van der Waals surface area contributed by atoms with E-state index >= 15 is 0 Å². The van der Waals surface area contributed by atoms with Crippen LogP contribution in [-0.2, 0) is 12.8 Å². The van der Waals surface area contributed by atoms with Crippen LogP contribution in [0.4, 0.5) is 4.39 Å². The first-order valence-corrected chi connectivity index (χ1v) is 8.36. The van der Waals surface area contributed by atoms with Gasteiger partial charge in [-0.05, 0) is 56.2 Å². The maximum absolute atomic E-state index is 13.2. The van der Waals surface area contributed by atoms with Gasteiger partial charge in [-0.15, -0.1) is 0 Å². The Balaban J connectivity index is 1.64. The van der Waals surface area contributed by atoms with Crippen molar-refractivity contribution in [3.05, 3.63) is 52.6 Å². The van der Waals surface area contributed by atoms with E-state index in [-0.39, 0.29) is 17.8 Å². The molecule has 1 saturated heterocycles. The van der Waals surface area contributed by atoms with Gasteiger partial charge in [-0.2, -0.15) is 5.10 Å². The lowest BCUT2D eigenvalue weighted by Crippen LogP contribution is -2.39. The van der Waals surface area contributed by atoms with Gasteiger partial charge in [-0.25, -0.2) is 4.39 Å². The highest BCUT2D eigenvalue weighted by molar-refractivity contribution is 5.94. The fourth-order valence-corrected chi connectivity index (χ4v) is 3.84. The molecule has 5 heteroatoms. The number of rotatable bonds is 2. The topological polar surface area (TPSA) is 49.0 Å². The summed E-state index contributed by atoms with van der Waals surface area (Å²) in [5.41, 5.74) is 3.81. The molecule has 0 saturated carbocycles. The summed E-state index contributed by atoms with van der Waals surface area (Å²) in [4.78, 5) is 15.0. The maximum atomic E-state index is 13.2. The van der Waals surface area contributed by atoms with Crippen LogP contribution in [0, 0.1) is 5.82 Å². The van der Waals surface area contributed by atoms with E-state index in [0.717, 1.165) is 61.9 Å². The van der Waals surface area contributed by atoms with Crippen LogP contribution in [0.3, 0.4) is 0 Å². The number of carbonyl (C=O) groups excluding carboxylic acids is 1. The minimum Gasteiger partial charge on any atom is -0.330 e. The fourth-order valence-electron chi connectivity index (χ4n) is 3.84. The van der Waals surface area contributed by atoms with Crippen molar-refractivity contribution in [2.75, 3.05) is 6.54 Å². The van der Waals surface area contributed by atoms with Gasteiger partial charge in [0, 0.05) is 17.8 Å². The number of hydrogen-bond donors (Lipinski definition) is 1. The zero-order valence-corrected chi connectivity index (χ0v) is 13.0. The molecule has 1 fully saturated rings. The van der Waals surface area contributed by atoms with Crippen LogP contribution in [-0.4, -0.2) is 27.5 Å². The SMILES string of the molecule is O=C(c1n[nH]c2c1CCC2)N1CCCC[C@@H]1c1ccc(F)cc1. The minimum atomic E-state index is -0.243. The number of H-pyrrole nitrogens is 1. The molecule has 23 heavy (non-hydrogen) atoms. The summed E-state index contributed by atoms with van der Waals surface area (Å²) in [5.74, 6) is -0.231. The van der Waals surface area contributed by atoms with Gasteiger partial charge in [0.15, 0.2) is 5.69 Å². The Kier molecular flexibility index (Phi) is 3.63. The molecule has 120 valence electrons. The van der Waals surface area contributed by atoms with Crippen LogP contribution >= 0.6 is 0 Å². The molecular weight excluding hydrogens is 293 g/mol. The van der Waals surface area contributed by atoms with E-state index in [2.05, 4.69) is 10.2 Å². The molecule has 1 amide bonds. The van der Waals surface area contributed by atoms with Gasteiger partial charge >= 0.3 is 0 Å². The van der Waals surface area contributed by atoms with Crippen LogP contribution in [0.25, 0.3) is 0 Å². The Morgan fingerprint density at radius 3 is 2.83 bits per heavy atom. The van der Waals surface area contributed by atoms with E-state index in [9.17, 15) is 9.18 Å². The first kappa shape index (κ1) is 14.4. The monoisotopic (exact) mass is 313 g/mol. The molecule has 1 aliphatic heterocycles. The molecule has 2 heterocycles. The number of likely N-dealkylation sites (tertiary alicyclic amines) is 1. The lowest BCUT2D eigenvalue weighted by atomic mass is 9.94. The van der Waals surface area contributed by atoms with Gasteiger partial charge in [-0.3, -0.25) is 9.89 Å². The van der Waals surface area contributed by atoms with Crippen LogP contribution in [0.5, 0.6) is 0 Å². The second-order valence-electron chi connectivity index (χ2n) is 6.44. The number of fused-ring (bicyclic) bond motifs is 1. The number of nitrogens with zero attached hydrogens (tertiary/aromatic N) is 2. The summed E-state index contributed by atoms with van der Waals surface area (Å²) < 4.78 is 13.2. The lowest BCUT2D eigenvalue weighted by molar-refractivity contribution is 0.0604. The first-order chi connectivity index (χ1) is 11.2. The Morgan fingerprint density at radius 1 is 1.17 bits per heavy atom. The first-order valence-electron chi connectivity index (χ1n) is 8.36. The molecule has 0 radical (unpaired) electrons. The predicted octanol–water partition coefficient (Wildman–Crippen LogP) is 3.40. The highest BCUT2D eigenvalue weighted by atomic mass is 19.1. The molecule has 1 aromatic carbocycles. The summed E-state index contributed by atoms with van der Waals surface area (Å²) >= 11 is 0. The quantitative estimate of drug-likeness (QED) is 0.923. The van der Waals surface area contributed by atoms with Crippen molar-refractivity contribution in [2.45, 2.75) is 44.6 Å². The number of amides is 1. The molecule has 0 spiro atoms. The van der Waals surface area contributed by atoms with Gasteiger partial charge in [0.25, 0.3) is 5.91 Å². The van der Waals surface area contributed by atoms with Gasteiger partial charge in [0.05, 0.1) is 6.04 Å². The molecule has 2 aliphatic rings. The Bertz CT molecular complexity index is 722. The molecule has 1 N–H and O–H groups in total. The number of hydrogen-bond acceptors (Lipinski definition) is 2. The second-order valence-corrected chi connectivity index (χ2v) is 6.44. The van der Waals surface area contributed by atoms with E-state index < -0.39 is 0 Å². The third kappa shape index (κ3) is 2.54. The Hall–Kier alpha value is -2.17. The molecule has 1 aromatic heterocycles.